The molecule has 3 rings (SSSR count). The molecule has 1 amide bonds. The lowest BCUT2D eigenvalue weighted by molar-refractivity contribution is -0.138. The SMILES string of the molecule is O=C(COc1ccc(CO)cc1)N1CCCC1.Oc1ccccc1C(F)(F)F. The molecule has 28 heavy (non-hydrogen) atoms. The summed E-state index contributed by atoms with van der Waals surface area (Å²) >= 11 is 0. The van der Waals surface area contributed by atoms with Crippen LogP contribution in [0.2, 0.25) is 0 Å². The Kier molecular flexibility index (Phi) is 7.69. The van der Waals surface area contributed by atoms with Crippen molar-refractivity contribution in [2.45, 2.75) is 25.6 Å². The molecule has 1 aliphatic heterocycles. The van der Waals surface area contributed by atoms with Gasteiger partial charge in [0.15, 0.2) is 6.61 Å². The van der Waals surface area contributed by atoms with Gasteiger partial charge in [0.25, 0.3) is 5.91 Å². The second-order valence-electron chi connectivity index (χ2n) is 6.19. The van der Waals surface area contributed by atoms with Gasteiger partial charge in [-0.3, -0.25) is 4.79 Å². The number of phenolic OH excluding ortho intramolecular Hbond substituents is 1. The van der Waals surface area contributed by atoms with E-state index in [0.717, 1.165) is 43.6 Å². The van der Waals surface area contributed by atoms with Crippen LogP contribution in [0.1, 0.15) is 24.0 Å². The molecule has 1 aliphatic rings. The van der Waals surface area contributed by atoms with Gasteiger partial charge in [-0.15, -0.1) is 0 Å². The first kappa shape index (κ1) is 21.6. The van der Waals surface area contributed by atoms with Crippen LogP contribution in [0.3, 0.4) is 0 Å². The molecule has 0 spiro atoms. The number of nitrogens with zero attached hydrogens (tertiary/aromatic N) is 1. The first-order chi connectivity index (χ1) is 13.3. The van der Waals surface area contributed by atoms with E-state index >= 15 is 0 Å². The predicted octanol–water partition coefficient (Wildman–Crippen LogP) is 3.59. The zero-order valence-electron chi connectivity index (χ0n) is 15.2. The van der Waals surface area contributed by atoms with Crippen molar-refractivity contribution >= 4 is 5.91 Å². The fourth-order valence-corrected chi connectivity index (χ4v) is 2.61. The highest BCUT2D eigenvalue weighted by molar-refractivity contribution is 5.78. The van der Waals surface area contributed by atoms with Crippen LogP contribution in [0, 0.1) is 0 Å². The first-order valence-electron chi connectivity index (χ1n) is 8.77. The average molecular weight is 397 g/mol. The lowest BCUT2D eigenvalue weighted by Crippen LogP contribution is -2.32. The number of ether oxygens (including phenoxy) is 1. The zero-order valence-corrected chi connectivity index (χ0v) is 15.2. The van der Waals surface area contributed by atoms with Crippen LogP contribution < -0.4 is 4.74 Å². The third-order valence-corrected chi connectivity index (χ3v) is 4.14. The highest BCUT2D eigenvalue weighted by Crippen LogP contribution is 2.34. The Labute approximate surface area is 161 Å². The van der Waals surface area contributed by atoms with Crippen LogP contribution in [0.25, 0.3) is 0 Å². The fraction of sp³-hybridized carbons (Fsp3) is 0.350. The van der Waals surface area contributed by atoms with E-state index in [9.17, 15) is 18.0 Å². The van der Waals surface area contributed by atoms with E-state index in [-0.39, 0.29) is 19.1 Å². The number of halogens is 3. The molecule has 152 valence electrons. The molecule has 2 aromatic carbocycles. The zero-order chi connectivity index (χ0) is 20.6. The minimum Gasteiger partial charge on any atom is -0.507 e. The maximum atomic E-state index is 11.9. The number of alkyl halides is 3. The molecule has 1 fully saturated rings. The molecule has 2 N–H and O–H groups in total. The van der Waals surface area contributed by atoms with E-state index in [0.29, 0.717) is 5.75 Å². The Hall–Kier alpha value is -2.74. The Morgan fingerprint density at radius 1 is 1.04 bits per heavy atom. The lowest BCUT2D eigenvalue weighted by Gasteiger charge is -2.15. The summed E-state index contributed by atoms with van der Waals surface area (Å²) in [5.41, 5.74) is -0.164. The molecule has 1 saturated heterocycles. The number of hydrogen-bond donors (Lipinski definition) is 2. The van der Waals surface area contributed by atoms with E-state index in [1.807, 2.05) is 4.90 Å². The van der Waals surface area contributed by atoms with Crippen LogP contribution in [0.5, 0.6) is 11.5 Å². The number of aliphatic hydroxyl groups is 1. The van der Waals surface area contributed by atoms with E-state index in [2.05, 4.69) is 0 Å². The van der Waals surface area contributed by atoms with Crippen LogP contribution in [-0.4, -0.2) is 40.7 Å². The van der Waals surface area contributed by atoms with Crippen molar-refractivity contribution in [3.8, 4) is 11.5 Å². The summed E-state index contributed by atoms with van der Waals surface area (Å²) < 4.78 is 41.1. The van der Waals surface area contributed by atoms with Gasteiger partial charge in [-0.05, 0) is 42.7 Å². The molecule has 0 atom stereocenters. The molecule has 0 bridgehead atoms. The number of rotatable bonds is 4. The normalized spacial score (nSPS) is 13.6. The highest BCUT2D eigenvalue weighted by atomic mass is 19.4. The Morgan fingerprint density at radius 2 is 1.64 bits per heavy atom. The van der Waals surface area contributed by atoms with Crippen molar-refractivity contribution in [3.05, 3.63) is 59.7 Å². The summed E-state index contributed by atoms with van der Waals surface area (Å²) in [7, 11) is 0. The lowest BCUT2D eigenvalue weighted by atomic mass is 10.2. The number of phenols is 1. The van der Waals surface area contributed by atoms with Gasteiger partial charge >= 0.3 is 6.18 Å². The van der Waals surface area contributed by atoms with Crippen LogP contribution in [0.15, 0.2) is 48.5 Å². The minimum absolute atomic E-state index is 0.0208. The number of likely N-dealkylation sites (tertiary alicyclic amines) is 1. The average Bonchev–Trinajstić information content (AvgIpc) is 3.21. The molecule has 8 heteroatoms. The Bertz CT molecular complexity index is 757. The first-order valence-corrected chi connectivity index (χ1v) is 8.77. The van der Waals surface area contributed by atoms with Crippen molar-refractivity contribution in [1.82, 2.24) is 4.90 Å². The van der Waals surface area contributed by atoms with E-state index < -0.39 is 17.5 Å². The number of para-hydroxylation sites is 1. The fourth-order valence-electron chi connectivity index (χ4n) is 2.61. The monoisotopic (exact) mass is 397 g/mol. The molecule has 0 unspecified atom stereocenters. The molecule has 0 saturated carbocycles. The van der Waals surface area contributed by atoms with Crippen molar-refractivity contribution < 1.29 is 32.9 Å². The summed E-state index contributed by atoms with van der Waals surface area (Å²) in [6.07, 6.45) is -2.28. The van der Waals surface area contributed by atoms with Gasteiger partial charge in [0.05, 0.1) is 12.2 Å². The topological polar surface area (TPSA) is 70.0 Å². The van der Waals surface area contributed by atoms with Gasteiger partial charge in [0.1, 0.15) is 11.5 Å². The van der Waals surface area contributed by atoms with Crippen LogP contribution in [-0.2, 0) is 17.6 Å². The summed E-state index contributed by atoms with van der Waals surface area (Å²) in [5.74, 6) is -0.0246. The van der Waals surface area contributed by atoms with Crippen molar-refractivity contribution in [2.75, 3.05) is 19.7 Å². The smallest absolute Gasteiger partial charge is 0.419 e. The Morgan fingerprint density at radius 3 is 2.14 bits per heavy atom. The third kappa shape index (κ3) is 6.45. The van der Waals surface area contributed by atoms with Gasteiger partial charge in [-0.25, -0.2) is 0 Å². The number of aromatic hydroxyl groups is 1. The molecule has 0 radical (unpaired) electrons. The summed E-state index contributed by atoms with van der Waals surface area (Å²) in [5, 5.41) is 17.6. The van der Waals surface area contributed by atoms with E-state index in [1.54, 1.807) is 24.3 Å². The molecule has 2 aromatic rings. The number of aliphatic hydroxyl groups excluding tert-OH is 1. The molecule has 5 nitrogen and oxygen atoms in total. The molecule has 0 aromatic heterocycles. The van der Waals surface area contributed by atoms with E-state index in [1.165, 1.54) is 12.1 Å². The van der Waals surface area contributed by atoms with Crippen molar-refractivity contribution in [3.63, 3.8) is 0 Å². The van der Waals surface area contributed by atoms with Gasteiger partial charge in [-0.1, -0.05) is 24.3 Å². The summed E-state index contributed by atoms with van der Waals surface area (Å²) in [6, 6.07) is 11.5. The third-order valence-electron chi connectivity index (χ3n) is 4.14. The van der Waals surface area contributed by atoms with Crippen molar-refractivity contribution in [1.29, 1.82) is 0 Å². The molecule has 0 aliphatic carbocycles. The Balaban J connectivity index is 0.000000221. The summed E-state index contributed by atoms with van der Waals surface area (Å²) in [6.45, 7) is 1.82. The van der Waals surface area contributed by atoms with Crippen LogP contribution >= 0.6 is 0 Å². The van der Waals surface area contributed by atoms with Crippen molar-refractivity contribution in [2.24, 2.45) is 0 Å². The highest BCUT2D eigenvalue weighted by Gasteiger charge is 2.33. The minimum atomic E-state index is -4.47. The predicted molar refractivity (Wildman–Crippen MR) is 96.8 cm³/mol. The molecular weight excluding hydrogens is 375 g/mol. The maximum Gasteiger partial charge on any atom is 0.419 e. The standard InChI is InChI=1S/C13H17NO3.C7H5F3O/c15-9-11-3-5-12(6-4-11)17-10-13(16)14-7-1-2-8-14;8-7(9,10)5-3-1-2-4-6(5)11/h3-6,15H,1-2,7-10H2;1-4,11H. The maximum absolute atomic E-state index is 11.9. The summed E-state index contributed by atoms with van der Waals surface area (Å²) in [4.78, 5) is 13.5. The van der Waals surface area contributed by atoms with Gasteiger partial charge in [0.2, 0.25) is 0 Å². The number of hydrogen-bond acceptors (Lipinski definition) is 4. The quantitative estimate of drug-likeness (QED) is 0.827. The van der Waals surface area contributed by atoms with Crippen LogP contribution in [0.4, 0.5) is 13.2 Å². The van der Waals surface area contributed by atoms with Gasteiger partial charge in [-0.2, -0.15) is 13.2 Å². The van der Waals surface area contributed by atoms with Gasteiger partial charge < -0.3 is 19.8 Å². The van der Waals surface area contributed by atoms with Gasteiger partial charge in [0, 0.05) is 13.1 Å². The molecular formula is C20H22F3NO4. The number of amides is 1. The second kappa shape index (κ2) is 9.98. The second-order valence-corrected chi connectivity index (χ2v) is 6.19. The number of carbonyl (C=O) groups is 1. The largest absolute Gasteiger partial charge is 0.507 e. The number of carbonyl (C=O) groups excluding carboxylic acids is 1. The number of benzene rings is 2. The molecule has 1 heterocycles. The van der Waals surface area contributed by atoms with E-state index in [4.69, 9.17) is 14.9 Å².